The molecule has 0 bridgehead atoms. The second-order valence-electron chi connectivity index (χ2n) is 7.44. The van der Waals surface area contributed by atoms with Gasteiger partial charge in [0.15, 0.2) is 0 Å². The molecule has 122 valence electrons. The number of hydrogen-bond donors (Lipinski definition) is 0. The van der Waals surface area contributed by atoms with Gasteiger partial charge in [0.1, 0.15) is 5.82 Å². The number of aryl methyl sites for hydroxylation is 1. The summed E-state index contributed by atoms with van der Waals surface area (Å²) in [7, 11) is 2.09. The van der Waals surface area contributed by atoms with Crippen LogP contribution in [0.3, 0.4) is 0 Å². The molecule has 1 spiro atoms. The van der Waals surface area contributed by atoms with Crippen LogP contribution in [0.25, 0.3) is 0 Å². The lowest BCUT2D eigenvalue weighted by Gasteiger charge is -2.55. The van der Waals surface area contributed by atoms with Gasteiger partial charge >= 0.3 is 0 Å². The Labute approximate surface area is 133 Å². The van der Waals surface area contributed by atoms with E-state index in [1.54, 1.807) is 0 Å². The maximum absolute atomic E-state index is 5.47. The predicted molar refractivity (Wildman–Crippen MR) is 85.6 cm³/mol. The van der Waals surface area contributed by atoms with Gasteiger partial charge in [-0.05, 0) is 44.2 Å². The van der Waals surface area contributed by atoms with Gasteiger partial charge in [-0.25, -0.2) is 4.98 Å². The van der Waals surface area contributed by atoms with Crippen molar-refractivity contribution in [3.05, 3.63) is 18.2 Å². The zero-order valence-electron chi connectivity index (χ0n) is 13.7. The molecule has 3 fully saturated rings. The zero-order valence-corrected chi connectivity index (χ0v) is 13.7. The van der Waals surface area contributed by atoms with Crippen molar-refractivity contribution in [3.8, 4) is 0 Å². The zero-order chi connectivity index (χ0) is 15.0. The fourth-order valence-corrected chi connectivity index (χ4v) is 4.48. The smallest absolute Gasteiger partial charge is 0.122 e. The minimum Gasteiger partial charge on any atom is -0.379 e. The standard InChI is InChI=1S/C17H28N4O/c1-19-7-4-18-16(19)14-20-5-2-17(3-6-20)12-15(13-17)21-8-10-22-11-9-21/h4,7,15H,2-3,5-6,8-14H2,1H3. The van der Waals surface area contributed by atoms with Crippen LogP contribution in [0.1, 0.15) is 31.5 Å². The molecule has 5 nitrogen and oxygen atoms in total. The lowest BCUT2D eigenvalue weighted by molar-refractivity contribution is -0.0742. The number of nitrogens with zero attached hydrogens (tertiary/aromatic N) is 4. The summed E-state index contributed by atoms with van der Waals surface area (Å²) in [5, 5.41) is 0. The molecule has 2 saturated heterocycles. The quantitative estimate of drug-likeness (QED) is 0.847. The van der Waals surface area contributed by atoms with Gasteiger partial charge in [0.2, 0.25) is 0 Å². The Morgan fingerprint density at radius 1 is 1.18 bits per heavy atom. The van der Waals surface area contributed by atoms with Crippen molar-refractivity contribution < 1.29 is 4.74 Å². The minimum atomic E-state index is 0.654. The summed E-state index contributed by atoms with van der Waals surface area (Å²) in [6, 6.07) is 0.838. The second-order valence-corrected chi connectivity index (χ2v) is 7.44. The van der Waals surface area contributed by atoms with Crippen LogP contribution < -0.4 is 0 Å². The minimum absolute atomic E-state index is 0.654. The first-order valence-electron chi connectivity index (χ1n) is 8.75. The number of ether oxygens (including phenoxy) is 1. The summed E-state index contributed by atoms with van der Waals surface area (Å²) >= 11 is 0. The average Bonchev–Trinajstić information content (AvgIpc) is 2.92. The van der Waals surface area contributed by atoms with Gasteiger partial charge in [-0.15, -0.1) is 0 Å². The van der Waals surface area contributed by atoms with E-state index in [2.05, 4.69) is 26.4 Å². The third-order valence-corrected chi connectivity index (χ3v) is 6.10. The molecule has 0 aromatic carbocycles. The second kappa shape index (κ2) is 5.95. The van der Waals surface area contributed by atoms with Gasteiger partial charge < -0.3 is 9.30 Å². The molecule has 5 heteroatoms. The van der Waals surface area contributed by atoms with E-state index < -0.39 is 0 Å². The van der Waals surface area contributed by atoms with Crippen LogP contribution in [-0.4, -0.2) is 64.8 Å². The highest BCUT2D eigenvalue weighted by molar-refractivity contribution is 5.02. The van der Waals surface area contributed by atoms with Gasteiger partial charge in [-0.3, -0.25) is 9.80 Å². The van der Waals surface area contributed by atoms with Crippen molar-refractivity contribution >= 4 is 0 Å². The van der Waals surface area contributed by atoms with Gasteiger partial charge in [-0.2, -0.15) is 0 Å². The summed E-state index contributed by atoms with van der Waals surface area (Å²) in [6.45, 7) is 7.64. The fourth-order valence-electron chi connectivity index (χ4n) is 4.48. The van der Waals surface area contributed by atoms with E-state index in [0.717, 1.165) is 38.9 Å². The molecule has 0 N–H and O–H groups in total. The van der Waals surface area contributed by atoms with Crippen LogP contribution >= 0.6 is 0 Å². The monoisotopic (exact) mass is 304 g/mol. The lowest BCUT2D eigenvalue weighted by atomic mass is 9.60. The molecule has 3 aliphatic rings. The van der Waals surface area contributed by atoms with Crippen LogP contribution in [0.5, 0.6) is 0 Å². The Balaban J connectivity index is 1.25. The first kappa shape index (κ1) is 14.7. The maximum Gasteiger partial charge on any atom is 0.122 e. The molecule has 0 amide bonds. The average molecular weight is 304 g/mol. The third kappa shape index (κ3) is 2.82. The van der Waals surface area contributed by atoms with E-state index in [1.807, 2.05) is 12.4 Å². The van der Waals surface area contributed by atoms with Crippen molar-refractivity contribution in [3.63, 3.8) is 0 Å². The summed E-state index contributed by atoms with van der Waals surface area (Å²) in [4.78, 5) is 9.70. The van der Waals surface area contributed by atoms with Crippen molar-refractivity contribution in [1.82, 2.24) is 19.4 Å². The normalized spacial score (nSPS) is 27.1. The Bertz CT molecular complexity index is 493. The molecule has 1 aromatic rings. The highest BCUT2D eigenvalue weighted by atomic mass is 16.5. The van der Waals surface area contributed by atoms with Crippen LogP contribution in [0.2, 0.25) is 0 Å². The topological polar surface area (TPSA) is 33.5 Å². The molecule has 22 heavy (non-hydrogen) atoms. The Morgan fingerprint density at radius 2 is 1.91 bits per heavy atom. The van der Waals surface area contributed by atoms with Crippen molar-refractivity contribution in [2.45, 2.75) is 38.3 Å². The van der Waals surface area contributed by atoms with Crippen molar-refractivity contribution in [2.24, 2.45) is 12.5 Å². The van der Waals surface area contributed by atoms with E-state index in [0.29, 0.717) is 5.41 Å². The first-order chi connectivity index (χ1) is 10.7. The molecular formula is C17H28N4O. The summed E-state index contributed by atoms with van der Waals surface area (Å²) in [5.41, 5.74) is 0.654. The molecule has 0 unspecified atom stereocenters. The van der Waals surface area contributed by atoms with Gasteiger partial charge in [0, 0.05) is 38.6 Å². The molecule has 0 atom stereocenters. The third-order valence-electron chi connectivity index (χ3n) is 6.10. The molecule has 0 radical (unpaired) electrons. The summed E-state index contributed by atoms with van der Waals surface area (Å²) in [6.07, 6.45) is 9.53. The molecule has 1 aliphatic carbocycles. The molecule has 2 aliphatic heterocycles. The number of morpholine rings is 1. The summed E-state index contributed by atoms with van der Waals surface area (Å²) in [5.74, 6) is 1.19. The number of hydrogen-bond acceptors (Lipinski definition) is 4. The van der Waals surface area contributed by atoms with Gasteiger partial charge in [-0.1, -0.05) is 0 Å². The number of likely N-dealkylation sites (tertiary alicyclic amines) is 1. The molecule has 4 rings (SSSR count). The van der Waals surface area contributed by atoms with Gasteiger partial charge in [0.25, 0.3) is 0 Å². The van der Waals surface area contributed by atoms with Crippen molar-refractivity contribution in [1.29, 1.82) is 0 Å². The van der Waals surface area contributed by atoms with E-state index in [1.165, 1.54) is 44.6 Å². The van der Waals surface area contributed by atoms with Crippen LogP contribution in [-0.2, 0) is 18.3 Å². The Hall–Kier alpha value is -0.910. The summed E-state index contributed by atoms with van der Waals surface area (Å²) < 4.78 is 7.61. The highest BCUT2D eigenvalue weighted by Crippen LogP contribution is 2.51. The predicted octanol–water partition coefficient (Wildman–Crippen LogP) is 1.50. The molecule has 3 heterocycles. The SMILES string of the molecule is Cn1ccnc1CN1CCC2(CC1)CC(N1CCOCC1)C2. The van der Waals surface area contributed by atoms with Gasteiger partial charge in [0.05, 0.1) is 19.8 Å². The number of piperidine rings is 1. The number of imidazole rings is 1. The van der Waals surface area contributed by atoms with Crippen LogP contribution in [0, 0.1) is 5.41 Å². The maximum atomic E-state index is 5.47. The Morgan fingerprint density at radius 3 is 2.55 bits per heavy atom. The highest BCUT2D eigenvalue weighted by Gasteiger charge is 2.47. The van der Waals surface area contributed by atoms with E-state index in [9.17, 15) is 0 Å². The van der Waals surface area contributed by atoms with E-state index in [4.69, 9.17) is 4.74 Å². The van der Waals surface area contributed by atoms with E-state index in [-0.39, 0.29) is 0 Å². The number of aromatic nitrogens is 2. The molecule has 1 saturated carbocycles. The number of rotatable bonds is 3. The molecule has 1 aromatic heterocycles. The first-order valence-corrected chi connectivity index (χ1v) is 8.75. The largest absolute Gasteiger partial charge is 0.379 e. The fraction of sp³-hybridized carbons (Fsp3) is 0.824. The lowest BCUT2D eigenvalue weighted by Crippen LogP contribution is -2.57. The van der Waals surface area contributed by atoms with Crippen LogP contribution in [0.4, 0.5) is 0 Å². The van der Waals surface area contributed by atoms with Crippen LogP contribution in [0.15, 0.2) is 12.4 Å². The van der Waals surface area contributed by atoms with E-state index >= 15 is 0 Å². The molecular weight excluding hydrogens is 276 g/mol. The van der Waals surface area contributed by atoms with Crippen molar-refractivity contribution in [2.75, 3.05) is 39.4 Å². The Kier molecular flexibility index (Phi) is 3.96.